The second kappa shape index (κ2) is 9.26. The molecule has 0 unspecified atom stereocenters. The fourth-order valence-corrected chi connectivity index (χ4v) is 3.50. The maximum absolute atomic E-state index is 12.4. The topological polar surface area (TPSA) is 92.8 Å². The van der Waals surface area contributed by atoms with Gasteiger partial charge in [0.2, 0.25) is 11.8 Å². The van der Waals surface area contributed by atoms with Crippen molar-refractivity contribution in [3.63, 3.8) is 0 Å². The van der Waals surface area contributed by atoms with E-state index in [-0.39, 0.29) is 30.2 Å². The Morgan fingerprint density at radius 1 is 0.844 bits per heavy atom. The quantitative estimate of drug-likeness (QED) is 0.476. The number of hydrogen-bond donors (Lipinski definition) is 1. The van der Waals surface area contributed by atoms with Crippen LogP contribution in [-0.4, -0.2) is 30.3 Å². The van der Waals surface area contributed by atoms with E-state index >= 15 is 0 Å². The highest BCUT2D eigenvalue weighted by Crippen LogP contribution is 2.27. The van der Waals surface area contributed by atoms with Crippen molar-refractivity contribution >= 4 is 35.1 Å². The smallest absolute Gasteiger partial charge is 0.338 e. The molecular weight excluding hydrogens is 408 g/mol. The predicted octanol–water partition coefficient (Wildman–Crippen LogP) is 3.80. The lowest BCUT2D eigenvalue weighted by molar-refractivity contribution is -0.121. The first-order valence-corrected chi connectivity index (χ1v) is 10.1. The molecule has 3 amide bonds. The molecule has 7 heteroatoms. The number of ether oxygens (including phenoxy) is 1. The van der Waals surface area contributed by atoms with Crippen molar-refractivity contribution in [3.05, 3.63) is 84.4 Å². The van der Waals surface area contributed by atoms with Crippen LogP contribution >= 0.6 is 0 Å². The summed E-state index contributed by atoms with van der Waals surface area (Å²) >= 11 is 0. The van der Waals surface area contributed by atoms with Crippen LogP contribution in [0.2, 0.25) is 0 Å². The zero-order valence-electron chi connectivity index (χ0n) is 17.1. The minimum Gasteiger partial charge on any atom is -0.452 e. The third-order valence-electron chi connectivity index (χ3n) is 5.01. The number of rotatable bonds is 6. The first kappa shape index (κ1) is 21.0. The Morgan fingerprint density at radius 3 is 2.28 bits per heavy atom. The highest BCUT2D eigenvalue weighted by Gasteiger charge is 2.30. The number of nitrogens with one attached hydrogen (secondary N) is 1. The first-order valence-electron chi connectivity index (χ1n) is 10.1. The molecule has 7 nitrogen and oxygen atoms in total. The molecule has 3 aromatic rings. The summed E-state index contributed by atoms with van der Waals surface area (Å²) in [6.45, 7) is -0.478. The molecule has 160 valence electrons. The van der Waals surface area contributed by atoms with Gasteiger partial charge in [-0.05, 0) is 29.8 Å². The number of benzene rings is 3. The number of esters is 1. The Bertz CT molecular complexity index is 1170. The highest BCUT2D eigenvalue weighted by atomic mass is 16.5. The van der Waals surface area contributed by atoms with Gasteiger partial charge in [-0.25, -0.2) is 4.79 Å². The summed E-state index contributed by atoms with van der Waals surface area (Å²) in [5.74, 6) is -1.82. The maximum atomic E-state index is 12.4. The van der Waals surface area contributed by atoms with Gasteiger partial charge in [-0.1, -0.05) is 54.6 Å². The van der Waals surface area contributed by atoms with Gasteiger partial charge in [0.25, 0.3) is 5.91 Å². The fourth-order valence-electron chi connectivity index (χ4n) is 3.50. The third kappa shape index (κ3) is 4.57. The summed E-state index contributed by atoms with van der Waals surface area (Å²) in [4.78, 5) is 49.7. The lowest BCUT2D eigenvalue weighted by Gasteiger charge is -2.15. The average Bonchev–Trinajstić information content (AvgIpc) is 3.16. The van der Waals surface area contributed by atoms with Gasteiger partial charge in [0, 0.05) is 24.1 Å². The Hall–Kier alpha value is -4.26. The van der Waals surface area contributed by atoms with E-state index in [1.54, 1.807) is 24.3 Å². The molecule has 1 fully saturated rings. The normalized spacial score (nSPS) is 13.2. The number of imide groups is 1. The van der Waals surface area contributed by atoms with Gasteiger partial charge in [-0.3, -0.25) is 19.3 Å². The van der Waals surface area contributed by atoms with Crippen molar-refractivity contribution < 1.29 is 23.9 Å². The second-order valence-electron chi connectivity index (χ2n) is 7.21. The van der Waals surface area contributed by atoms with E-state index in [1.165, 1.54) is 12.1 Å². The zero-order chi connectivity index (χ0) is 22.5. The van der Waals surface area contributed by atoms with E-state index in [2.05, 4.69) is 5.32 Å². The van der Waals surface area contributed by atoms with E-state index < -0.39 is 18.5 Å². The molecule has 32 heavy (non-hydrogen) atoms. The van der Waals surface area contributed by atoms with Crippen LogP contribution in [-0.2, 0) is 19.1 Å². The number of hydrogen-bond acceptors (Lipinski definition) is 5. The summed E-state index contributed by atoms with van der Waals surface area (Å²) in [5.41, 5.74) is 2.86. The molecule has 1 aliphatic rings. The minimum absolute atomic E-state index is 0.146. The van der Waals surface area contributed by atoms with E-state index in [0.29, 0.717) is 11.4 Å². The van der Waals surface area contributed by atoms with E-state index in [9.17, 15) is 19.2 Å². The van der Waals surface area contributed by atoms with Crippen molar-refractivity contribution in [1.82, 2.24) is 0 Å². The molecule has 0 saturated carbocycles. The molecule has 0 radical (unpaired) electrons. The van der Waals surface area contributed by atoms with Gasteiger partial charge in [0.1, 0.15) is 0 Å². The zero-order valence-corrected chi connectivity index (χ0v) is 17.1. The average molecular weight is 428 g/mol. The fraction of sp³-hybridized carbons (Fsp3) is 0.120. The number of amides is 3. The maximum Gasteiger partial charge on any atom is 0.338 e. The van der Waals surface area contributed by atoms with E-state index in [0.717, 1.165) is 16.0 Å². The standard InChI is InChI=1S/C25H20N2O5/c28-22(26-21-12-5-4-11-20(21)17-7-2-1-3-8-17)16-32-25(31)18-9-6-10-19(15-18)27-23(29)13-14-24(27)30/h1-12,15H,13-14,16H2,(H,26,28). The predicted molar refractivity (Wildman–Crippen MR) is 119 cm³/mol. The van der Waals surface area contributed by atoms with E-state index in [1.807, 2.05) is 42.5 Å². The molecule has 4 rings (SSSR count). The van der Waals surface area contributed by atoms with Crippen LogP contribution in [0.3, 0.4) is 0 Å². The summed E-state index contributed by atoms with van der Waals surface area (Å²) < 4.78 is 5.14. The molecule has 1 aliphatic heterocycles. The summed E-state index contributed by atoms with van der Waals surface area (Å²) in [7, 11) is 0. The molecule has 1 heterocycles. The van der Waals surface area contributed by atoms with Crippen molar-refractivity contribution in [2.75, 3.05) is 16.8 Å². The summed E-state index contributed by atoms with van der Waals surface area (Å²) in [5, 5.41) is 2.77. The molecule has 0 aliphatic carbocycles. The Labute approximate surface area is 184 Å². The molecular formula is C25H20N2O5. The van der Waals surface area contributed by atoms with Crippen molar-refractivity contribution in [3.8, 4) is 11.1 Å². The van der Waals surface area contributed by atoms with Gasteiger partial charge >= 0.3 is 5.97 Å². The number of para-hydroxylation sites is 1. The van der Waals surface area contributed by atoms with Gasteiger partial charge in [-0.2, -0.15) is 0 Å². The van der Waals surface area contributed by atoms with Crippen molar-refractivity contribution in [2.45, 2.75) is 12.8 Å². The molecule has 3 aromatic carbocycles. The molecule has 0 spiro atoms. The second-order valence-corrected chi connectivity index (χ2v) is 7.21. The van der Waals surface area contributed by atoms with Crippen LogP contribution in [0.25, 0.3) is 11.1 Å². The molecule has 0 aromatic heterocycles. The third-order valence-corrected chi connectivity index (χ3v) is 5.01. The monoisotopic (exact) mass is 428 g/mol. The van der Waals surface area contributed by atoms with Gasteiger partial charge < -0.3 is 10.1 Å². The Kier molecular flexibility index (Phi) is 6.07. The molecule has 1 N–H and O–H groups in total. The first-order chi connectivity index (χ1) is 15.5. The van der Waals surface area contributed by atoms with Crippen LogP contribution in [0.4, 0.5) is 11.4 Å². The minimum atomic E-state index is -0.725. The number of anilines is 2. The Balaban J connectivity index is 1.40. The molecule has 1 saturated heterocycles. The molecule has 0 atom stereocenters. The van der Waals surface area contributed by atoms with Crippen LogP contribution in [0.15, 0.2) is 78.9 Å². The van der Waals surface area contributed by atoms with Gasteiger partial charge in [-0.15, -0.1) is 0 Å². The van der Waals surface area contributed by atoms with Crippen molar-refractivity contribution in [1.29, 1.82) is 0 Å². The number of carbonyl (C=O) groups excluding carboxylic acids is 4. The number of nitrogens with zero attached hydrogens (tertiary/aromatic N) is 1. The van der Waals surface area contributed by atoms with Gasteiger partial charge in [0.05, 0.1) is 11.3 Å². The van der Waals surface area contributed by atoms with Gasteiger partial charge in [0.15, 0.2) is 6.61 Å². The van der Waals surface area contributed by atoms with Crippen molar-refractivity contribution in [2.24, 2.45) is 0 Å². The van der Waals surface area contributed by atoms with Crippen LogP contribution in [0.5, 0.6) is 0 Å². The molecule has 0 bridgehead atoms. The van der Waals surface area contributed by atoms with Crippen LogP contribution in [0.1, 0.15) is 23.2 Å². The summed E-state index contributed by atoms with van der Waals surface area (Å²) in [6.07, 6.45) is 0.302. The largest absolute Gasteiger partial charge is 0.452 e. The van der Waals surface area contributed by atoms with Crippen LogP contribution < -0.4 is 10.2 Å². The lowest BCUT2D eigenvalue weighted by Crippen LogP contribution is -2.28. The SMILES string of the molecule is O=C(COC(=O)c1cccc(N2C(=O)CCC2=O)c1)Nc1ccccc1-c1ccccc1. The van der Waals surface area contributed by atoms with Crippen LogP contribution in [0, 0.1) is 0 Å². The number of carbonyl (C=O) groups is 4. The highest BCUT2D eigenvalue weighted by molar-refractivity contribution is 6.20. The van der Waals surface area contributed by atoms with E-state index in [4.69, 9.17) is 4.74 Å². The Morgan fingerprint density at radius 2 is 1.53 bits per heavy atom. The lowest BCUT2D eigenvalue weighted by atomic mass is 10.0. The summed E-state index contributed by atoms with van der Waals surface area (Å²) in [6, 6.07) is 23.0.